The Morgan fingerprint density at radius 2 is 1.31 bits per heavy atom. The van der Waals surface area contributed by atoms with Gasteiger partial charge in [0.25, 0.3) is 0 Å². The fourth-order valence-electron chi connectivity index (χ4n) is 6.91. The van der Waals surface area contributed by atoms with Gasteiger partial charge in [-0.3, -0.25) is 0 Å². The van der Waals surface area contributed by atoms with Crippen LogP contribution < -0.4 is 15.9 Å². The molecule has 5 aromatic carbocycles. The molecule has 1 fully saturated rings. The molecule has 3 unspecified atom stereocenters. The molecule has 6 rings (SSSR count). The predicted octanol–water partition coefficient (Wildman–Crippen LogP) is 6.25. The molecular weight excluding hydrogens is 639 g/mol. The summed E-state index contributed by atoms with van der Waals surface area (Å²) >= 11 is 5.69. The molecule has 0 aromatic heterocycles. The molecule has 0 bridgehead atoms. The van der Waals surface area contributed by atoms with Crippen LogP contribution in [0.1, 0.15) is 24.5 Å². The number of hydrogen-bond acceptors (Lipinski definition) is 6. The van der Waals surface area contributed by atoms with Gasteiger partial charge in [-0.1, -0.05) is 0 Å². The number of ether oxygens (including phenoxy) is 1. The SMILES string of the molecule is CC(C=S)(c1ccccc1)C1CC(=O)N1C(C(=O)OCc1ccc([N+](=O)[O-])cc1)[PH](c1ccccc1)(c1ccccc1)c1ccccc1. The van der Waals surface area contributed by atoms with Gasteiger partial charge >= 0.3 is 286 Å². The Hall–Kier alpha value is -5.04. The fraction of sp³-hybridized carbons (Fsp3) is 0.154. The van der Waals surface area contributed by atoms with Crippen LogP contribution in [-0.4, -0.2) is 38.9 Å². The summed E-state index contributed by atoms with van der Waals surface area (Å²) in [6, 6.07) is 45.2. The number of β-lactam (4-membered cyclic amide) rings is 1. The second kappa shape index (κ2) is 14.0. The van der Waals surface area contributed by atoms with E-state index in [1.807, 2.05) is 128 Å². The van der Waals surface area contributed by atoms with Crippen LogP contribution in [0.2, 0.25) is 0 Å². The molecule has 1 saturated heterocycles. The molecule has 1 amide bonds. The number of esters is 1. The summed E-state index contributed by atoms with van der Waals surface area (Å²) in [5, 5.41) is 15.8. The second-order valence-corrected chi connectivity index (χ2v) is 16.3. The summed E-state index contributed by atoms with van der Waals surface area (Å²) in [6.07, 6.45) is 0.216. The van der Waals surface area contributed by atoms with Crippen molar-refractivity contribution in [3.63, 3.8) is 0 Å². The quantitative estimate of drug-likeness (QED) is 0.0389. The van der Waals surface area contributed by atoms with Crippen molar-refractivity contribution in [2.24, 2.45) is 0 Å². The van der Waals surface area contributed by atoms with Crippen molar-refractivity contribution in [2.75, 3.05) is 0 Å². The third-order valence-electron chi connectivity index (χ3n) is 9.45. The molecule has 0 saturated carbocycles. The van der Waals surface area contributed by atoms with Gasteiger partial charge in [-0.15, -0.1) is 0 Å². The van der Waals surface area contributed by atoms with Gasteiger partial charge in [0, 0.05) is 0 Å². The molecule has 5 aromatic rings. The summed E-state index contributed by atoms with van der Waals surface area (Å²) in [4.78, 5) is 41.7. The number of non-ortho nitro benzene ring substituents is 1. The van der Waals surface area contributed by atoms with Gasteiger partial charge in [0.1, 0.15) is 0 Å². The summed E-state index contributed by atoms with van der Waals surface area (Å²) in [7, 11) is -3.49. The van der Waals surface area contributed by atoms with E-state index in [4.69, 9.17) is 17.0 Å². The molecule has 1 heterocycles. The van der Waals surface area contributed by atoms with Gasteiger partial charge in [-0.2, -0.15) is 0 Å². The van der Waals surface area contributed by atoms with E-state index >= 15 is 4.79 Å². The summed E-state index contributed by atoms with van der Waals surface area (Å²) in [6.45, 7) is 1.90. The first-order valence-electron chi connectivity index (χ1n) is 15.7. The summed E-state index contributed by atoms with van der Waals surface area (Å²) < 4.78 is 6.16. The van der Waals surface area contributed by atoms with Crippen LogP contribution in [0, 0.1) is 10.1 Å². The zero-order valence-corrected chi connectivity index (χ0v) is 28.2. The second-order valence-electron chi connectivity index (χ2n) is 12.1. The normalized spacial score (nSPS) is 16.6. The maximum atomic E-state index is 15.0. The number of carbonyl (C=O) groups excluding carboxylic acids is 2. The van der Waals surface area contributed by atoms with Crippen LogP contribution in [0.4, 0.5) is 5.69 Å². The minimum absolute atomic E-state index is 0.0546. The summed E-state index contributed by atoms with van der Waals surface area (Å²) in [5.74, 6) is -1.72. The van der Waals surface area contributed by atoms with E-state index in [1.165, 1.54) is 12.1 Å². The maximum absolute atomic E-state index is 15.0. The average molecular weight is 675 g/mol. The number of hydrogen-bond donors (Lipinski definition) is 0. The Balaban J connectivity index is 1.57. The number of carbonyl (C=O) groups is 2. The third kappa shape index (κ3) is 5.94. The Morgan fingerprint density at radius 3 is 1.73 bits per heavy atom. The first-order chi connectivity index (χ1) is 23.3. The van der Waals surface area contributed by atoms with Crippen LogP contribution in [0.3, 0.4) is 0 Å². The van der Waals surface area contributed by atoms with Crippen LogP contribution in [0.15, 0.2) is 146 Å². The van der Waals surface area contributed by atoms with Gasteiger partial charge in [-0.05, 0) is 0 Å². The van der Waals surface area contributed by atoms with E-state index in [2.05, 4.69) is 0 Å². The fourth-order valence-corrected chi connectivity index (χ4v) is 12.5. The van der Waals surface area contributed by atoms with Gasteiger partial charge in [0.15, 0.2) is 0 Å². The Morgan fingerprint density at radius 1 is 0.854 bits per heavy atom. The van der Waals surface area contributed by atoms with E-state index in [1.54, 1.807) is 22.4 Å². The van der Waals surface area contributed by atoms with Crippen LogP contribution >= 0.6 is 19.5 Å². The van der Waals surface area contributed by atoms with E-state index < -0.39 is 35.4 Å². The van der Waals surface area contributed by atoms with E-state index in [0.717, 1.165) is 21.5 Å². The molecule has 3 atom stereocenters. The number of benzene rings is 5. The number of nitro groups is 1. The van der Waals surface area contributed by atoms with Crippen molar-refractivity contribution in [1.29, 1.82) is 0 Å². The first-order valence-corrected chi connectivity index (χ1v) is 18.2. The third-order valence-corrected chi connectivity index (χ3v) is 15.0. The molecule has 0 aliphatic carbocycles. The first kappa shape index (κ1) is 32.9. The van der Waals surface area contributed by atoms with Crippen molar-refractivity contribution < 1.29 is 19.2 Å². The molecule has 0 N–H and O–H groups in total. The summed E-state index contributed by atoms with van der Waals surface area (Å²) in [5.41, 5.74) is 0.748. The number of nitro benzene ring substituents is 1. The number of likely N-dealkylation sites (tertiary alicyclic amines) is 1. The van der Waals surface area contributed by atoms with E-state index in [-0.39, 0.29) is 24.6 Å². The standard InChI is InChI=1S/C39H35N2O5PS/c1-39(28-48,30-14-6-2-7-15-30)35-26-36(42)40(35)37(38(43)46-27-29-22-24-31(25-23-29)41(44)45)47(32-16-8-3-9-17-32,33-18-10-4-11-19-33)34-20-12-5-13-21-34/h2-25,28,35,37,47H,26-27H2,1H3. The molecular formula is C39H35N2O5PS. The Labute approximate surface area is 285 Å². The molecule has 1 aliphatic heterocycles. The van der Waals surface area contributed by atoms with Gasteiger partial charge < -0.3 is 0 Å². The minimum atomic E-state index is -3.49. The Bertz CT molecular complexity index is 1810. The number of amides is 1. The van der Waals surface area contributed by atoms with Crippen LogP contribution in [0.25, 0.3) is 0 Å². The van der Waals surface area contributed by atoms with Gasteiger partial charge in [0.05, 0.1) is 0 Å². The van der Waals surface area contributed by atoms with E-state index in [9.17, 15) is 14.9 Å². The van der Waals surface area contributed by atoms with E-state index in [0.29, 0.717) is 5.56 Å². The van der Waals surface area contributed by atoms with Gasteiger partial charge in [0.2, 0.25) is 0 Å². The average Bonchev–Trinajstić information content (AvgIpc) is 3.14. The zero-order chi connectivity index (χ0) is 33.7. The molecule has 0 spiro atoms. The van der Waals surface area contributed by atoms with Crippen molar-refractivity contribution in [3.8, 4) is 0 Å². The molecule has 48 heavy (non-hydrogen) atoms. The molecule has 242 valence electrons. The molecule has 9 heteroatoms. The topological polar surface area (TPSA) is 89.8 Å². The van der Waals surface area contributed by atoms with Crippen LogP contribution in [0.5, 0.6) is 0 Å². The molecule has 0 radical (unpaired) electrons. The number of nitrogens with zero attached hydrogens (tertiary/aromatic N) is 2. The predicted molar refractivity (Wildman–Crippen MR) is 196 cm³/mol. The van der Waals surface area contributed by atoms with Gasteiger partial charge in [-0.25, -0.2) is 0 Å². The van der Waals surface area contributed by atoms with Crippen LogP contribution in [-0.2, 0) is 26.3 Å². The van der Waals surface area contributed by atoms with Crippen molar-refractivity contribution in [3.05, 3.63) is 167 Å². The number of thiocarbonyl (C=S) groups is 1. The van der Waals surface area contributed by atoms with Crippen molar-refractivity contribution in [1.82, 2.24) is 4.90 Å². The Kier molecular flexibility index (Phi) is 9.58. The zero-order valence-electron chi connectivity index (χ0n) is 26.3. The molecule has 7 nitrogen and oxygen atoms in total. The molecule has 1 aliphatic rings. The van der Waals surface area contributed by atoms with Crippen molar-refractivity contribution in [2.45, 2.75) is 37.2 Å². The van der Waals surface area contributed by atoms with Crippen molar-refractivity contribution >= 4 is 58.3 Å². The monoisotopic (exact) mass is 674 g/mol. The number of rotatable bonds is 12.